The molecule has 1 aliphatic rings. The summed E-state index contributed by atoms with van der Waals surface area (Å²) in [6.45, 7) is 1.97. The van der Waals surface area contributed by atoms with Crippen LogP contribution in [-0.4, -0.2) is 11.4 Å². The summed E-state index contributed by atoms with van der Waals surface area (Å²) in [6.07, 6.45) is 4.04. The standard InChI is InChI=1S/C6H10O2/c1-5-3-2-4-6(5)8-7/h3,6-7H,2,4H2,1H3. The highest BCUT2D eigenvalue weighted by Gasteiger charge is 2.14. The molecule has 1 atom stereocenters. The Morgan fingerprint density at radius 3 is 2.88 bits per heavy atom. The molecule has 0 amide bonds. The average molecular weight is 114 g/mol. The van der Waals surface area contributed by atoms with E-state index >= 15 is 0 Å². The van der Waals surface area contributed by atoms with Gasteiger partial charge in [0, 0.05) is 0 Å². The SMILES string of the molecule is CC1=CCCC1OO. The summed E-state index contributed by atoms with van der Waals surface area (Å²) in [6, 6.07) is 0. The van der Waals surface area contributed by atoms with Gasteiger partial charge in [-0.15, -0.1) is 0 Å². The highest BCUT2D eigenvalue weighted by Crippen LogP contribution is 2.19. The van der Waals surface area contributed by atoms with E-state index in [0.717, 1.165) is 18.4 Å². The van der Waals surface area contributed by atoms with E-state index in [9.17, 15) is 0 Å². The summed E-state index contributed by atoms with van der Waals surface area (Å²) < 4.78 is 0. The first-order valence-electron chi connectivity index (χ1n) is 2.81. The van der Waals surface area contributed by atoms with Crippen molar-refractivity contribution in [1.29, 1.82) is 0 Å². The molecule has 0 heterocycles. The molecular weight excluding hydrogens is 104 g/mol. The smallest absolute Gasteiger partial charge is 0.114 e. The maximum Gasteiger partial charge on any atom is 0.114 e. The largest absolute Gasteiger partial charge is 0.251 e. The van der Waals surface area contributed by atoms with Crippen LogP contribution in [0.15, 0.2) is 11.6 Å². The molecule has 0 saturated heterocycles. The van der Waals surface area contributed by atoms with Crippen molar-refractivity contribution in [2.45, 2.75) is 25.9 Å². The number of rotatable bonds is 1. The molecule has 0 spiro atoms. The van der Waals surface area contributed by atoms with Crippen molar-refractivity contribution >= 4 is 0 Å². The summed E-state index contributed by atoms with van der Waals surface area (Å²) in [5.41, 5.74) is 1.15. The normalized spacial score (nSPS) is 28.2. The van der Waals surface area contributed by atoms with Gasteiger partial charge < -0.3 is 0 Å². The van der Waals surface area contributed by atoms with E-state index in [2.05, 4.69) is 11.0 Å². The molecule has 0 aromatic carbocycles. The Morgan fingerprint density at radius 1 is 1.88 bits per heavy atom. The van der Waals surface area contributed by atoms with Gasteiger partial charge in [-0.25, -0.2) is 4.89 Å². The molecule has 1 unspecified atom stereocenters. The Balaban J connectivity index is 2.46. The lowest BCUT2D eigenvalue weighted by molar-refractivity contribution is -0.267. The quantitative estimate of drug-likeness (QED) is 0.318. The van der Waals surface area contributed by atoms with Crippen molar-refractivity contribution in [1.82, 2.24) is 0 Å². The van der Waals surface area contributed by atoms with Crippen molar-refractivity contribution in [2.75, 3.05) is 0 Å². The van der Waals surface area contributed by atoms with Crippen LogP contribution in [0.2, 0.25) is 0 Å². The summed E-state index contributed by atoms with van der Waals surface area (Å²) in [5.74, 6) is 0. The number of hydrogen-bond acceptors (Lipinski definition) is 2. The Labute approximate surface area is 48.7 Å². The highest BCUT2D eigenvalue weighted by molar-refractivity contribution is 5.10. The first-order chi connectivity index (χ1) is 3.84. The third-order valence-corrected chi connectivity index (χ3v) is 1.53. The van der Waals surface area contributed by atoms with Crippen LogP contribution >= 0.6 is 0 Å². The third-order valence-electron chi connectivity index (χ3n) is 1.53. The van der Waals surface area contributed by atoms with Crippen molar-refractivity contribution in [2.24, 2.45) is 0 Å². The van der Waals surface area contributed by atoms with E-state index in [1.807, 2.05) is 6.92 Å². The van der Waals surface area contributed by atoms with Crippen LogP contribution in [0.25, 0.3) is 0 Å². The Hall–Kier alpha value is -0.340. The van der Waals surface area contributed by atoms with Gasteiger partial charge in [0.1, 0.15) is 6.10 Å². The first-order valence-corrected chi connectivity index (χ1v) is 2.81. The van der Waals surface area contributed by atoms with Crippen LogP contribution in [0.3, 0.4) is 0 Å². The predicted molar refractivity (Wildman–Crippen MR) is 30.5 cm³/mol. The zero-order chi connectivity index (χ0) is 5.98. The van der Waals surface area contributed by atoms with E-state index in [4.69, 9.17) is 5.26 Å². The fourth-order valence-electron chi connectivity index (χ4n) is 0.957. The Kier molecular flexibility index (Phi) is 1.65. The van der Waals surface area contributed by atoms with Gasteiger partial charge in [-0.05, 0) is 25.3 Å². The molecule has 2 nitrogen and oxygen atoms in total. The van der Waals surface area contributed by atoms with Crippen molar-refractivity contribution in [3.63, 3.8) is 0 Å². The van der Waals surface area contributed by atoms with Gasteiger partial charge in [-0.3, -0.25) is 5.26 Å². The fraction of sp³-hybridized carbons (Fsp3) is 0.667. The number of hydrogen-bond donors (Lipinski definition) is 1. The molecule has 1 rings (SSSR count). The maximum absolute atomic E-state index is 8.20. The molecule has 0 bridgehead atoms. The van der Waals surface area contributed by atoms with Crippen LogP contribution in [-0.2, 0) is 4.89 Å². The summed E-state index contributed by atoms with van der Waals surface area (Å²) in [4.78, 5) is 4.16. The second kappa shape index (κ2) is 2.29. The van der Waals surface area contributed by atoms with E-state index < -0.39 is 0 Å². The lowest BCUT2D eigenvalue weighted by Gasteiger charge is -2.04. The molecule has 0 radical (unpaired) electrons. The molecule has 0 aromatic heterocycles. The molecule has 2 heteroatoms. The molecule has 0 aliphatic heterocycles. The van der Waals surface area contributed by atoms with Crippen LogP contribution in [0.5, 0.6) is 0 Å². The van der Waals surface area contributed by atoms with Crippen LogP contribution in [0.1, 0.15) is 19.8 Å². The molecule has 1 aliphatic carbocycles. The molecule has 0 fully saturated rings. The van der Waals surface area contributed by atoms with Gasteiger partial charge in [-0.1, -0.05) is 6.08 Å². The lowest BCUT2D eigenvalue weighted by atomic mass is 10.2. The minimum atomic E-state index is -0.0185. The van der Waals surface area contributed by atoms with Gasteiger partial charge in [-0.2, -0.15) is 0 Å². The first kappa shape index (κ1) is 5.79. The van der Waals surface area contributed by atoms with Crippen molar-refractivity contribution in [3.05, 3.63) is 11.6 Å². The maximum atomic E-state index is 8.20. The zero-order valence-electron chi connectivity index (χ0n) is 4.92. The second-order valence-electron chi connectivity index (χ2n) is 2.12. The van der Waals surface area contributed by atoms with Gasteiger partial charge in [0.05, 0.1) is 0 Å². The van der Waals surface area contributed by atoms with Gasteiger partial charge in [0.2, 0.25) is 0 Å². The monoisotopic (exact) mass is 114 g/mol. The zero-order valence-corrected chi connectivity index (χ0v) is 4.92. The third kappa shape index (κ3) is 0.904. The topological polar surface area (TPSA) is 29.5 Å². The molecule has 1 N–H and O–H groups in total. The Morgan fingerprint density at radius 2 is 2.62 bits per heavy atom. The van der Waals surface area contributed by atoms with Gasteiger partial charge in [0.25, 0.3) is 0 Å². The predicted octanol–water partition coefficient (Wildman–Crippen LogP) is 1.58. The van der Waals surface area contributed by atoms with Gasteiger partial charge >= 0.3 is 0 Å². The molecular formula is C6H10O2. The van der Waals surface area contributed by atoms with Crippen molar-refractivity contribution in [3.8, 4) is 0 Å². The highest BCUT2D eigenvalue weighted by atomic mass is 17.1. The lowest BCUT2D eigenvalue weighted by Crippen LogP contribution is -2.06. The van der Waals surface area contributed by atoms with E-state index in [-0.39, 0.29) is 6.10 Å². The van der Waals surface area contributed by atoms with Gasteiger partial charge in [0.15, 0.2) is 0 Å². The number of allylic oxidation sites excluding steroid dienone is 1. The molecule has 46 valence electrons. The fourth-order valence-corrected chi connectivity index (χ4v) is 0.957. The van der Waals surface area contributed by atoms with E-state index in [1.165, 1.54) is 0 Å². The van der Waals surface area contributed by atoms with Crippen molar-refractivity contribution < 1.29 is 10.1 Å². The minimum Gasteiger partial charge on any atom is -0.251 e. The van der Waals surface area contributed by atoms with E-state index in [0.29, 0.717) is 0 Å². The van der Waals surface area contributed by atoms with Crippen LogP contribution < -0.4 is 0 Å². The van der Waals surface area contributed by atoms with Crippen LogP contribution in [0, 0.1) is 0 Å². The molecule has 8 heavy (non-hydrogen) atoms. The summed E-state index contributed by atoms with van der Waals surface area (Å²) in [5, 5.41) is 8.20. The summed E-state index contributed by atoms with van der Waals surface area (Å²) >= 11 is 0. The van der Waals surface area contributed by atoms with Crippen LogP contribution in [0.4, 0.5) is 0 Å². The average Bonchev–Trinajstić information content (AvgIpc) is 2.14. The molecule has 0 saturated carbocycles. The Bertz CT molecular complexity index is 107. The second-order valence-corrected chi connectivity index (χ2v) is 2.12. The molecule has 0 aromatic rings. The van der Waals surface area contributed by atoms with E-state index in [1.54, 1.807) is 0 Å². The minimum absolute atomic E-state index is 0.0185. The summed E-state index contributed by atoms with van der Waals surface area (Å²) in [7, 11) is 0.